The van der Waals surface area contributed by atoms with E-state index in [0.717, 1.165) is 35.3 Å². The van der Waals surface area contributed by atoms with Crippen LogP contribution in [0.3, 0.4) is 0 Å². The van der Waals surface area contributed by atoms with Gasteiger partial charge in [-0.25, -0.2) is 14.2 Å². The van der Waals surface area contributed by atoms with Crippen LogP contribution < -0.4 is 5.32 Å². The lowest BCUT2D eigenvalue weighted by Crippen LogP contribution is -2.49. The topological polar surface area (TPSA) is 61.6 Å². The van der Waals surface area contributed by atoms with Gasteiger partial charge in [0.25, 0.3) is 0 Å². The largest absolute Gasteiger partial charge is 0.439 e. The van der Waals surface area contributed by atoms with Crippen molar-refractivity contribution in [3.8, 4) is 11.1 Å². The molecule has 1 aliphatic rings. The molecular formula is C25H23FN4O2. The molecular weight excluding hydrogens is 407 g/mol. The second-order valence-corrected chi connectivity index (χ2v) is 7.86. The van der Waals surface area contributed by atoms with Crippen LogP contribution in [0.2, 0.25) is 0 Å². The van der Waals surface area contributed by atoms with E-state index in [2.05, 4.69) is 33.4 Å². The lowest BCUT2D eigenvalue weighted by atomic mass is 10.1. The zero-order valence-corrected chi connectivity index (χ0v) is 17.5. The Balaban J connectivity index is 1.18. The van der Waals surface area contributed by atoms with E-state index >= 15 is 0 Å². The van der Waals surface area contributed by atoms with E-state index in [1.807, 2.05) is 30.3 Å². The predicted octanol–water partition coefficient (Wildman–Crippen LogP) is 4.98. The fourth-order valence-electron chi connectivity index (χ4n) is 3.89. The van der Waals surface area contributed by atoms with E-state index < -0.39 is 0 Å². The Morgan fingerprint density at radius 1 is 0.938 bits per heavy atom. The Kier molecular flexibility index (Phi) is 5.56. The van der Waals surface area contributed by atoms with Crippen LogP contribution in [0.15, 0.2) is 77.2 Å². The summed E-state index contributed by atoms with van der Waals surface area (Å²) in [7, 11) is 0. The van der Waals surface area contributed by atoms with Gasteiger partial charge in [0, 0.05) is 31.9 Å². The van der Waals surface area contributed by atoms with Gasteiger partial charge in [-0.1, -0.05) is 36.4 Å². The Morgan fingerprint density at radius 2 is 1.69 bits per heavy atom. The van der Waals surface area contributed by atoms with Crippen LogP contribution in [0.1, 0.15) is 5.89 Å². The van der Waals surface area contributed by atoms with Crippen LogP contribution in [0.4, 0.5) is 14.9 Å². The molecule has 0 bridgehead atoms. The van der Waals surface area contributed by atoms with Gasteiger partial charge in [-0.15, -0.1) is 0 Å². The van der Waals surface area contributed by atoms with Crippen molar-refractivity contribution in [2.45, 2.75) is 6.54 Å². The van der Waals surface area contributed by atoms with Crippen LogP contribution in [0, 0.1) is 5.82 Å². The van der Waals surface area contributed by atoms with Gasteiger partial charge >= 0.3 is 6.03 Å². The highest BCUT2D eigenvalue weighted by atomic mass is 19.1. The normalized spacial score (nSPS) is 14.6. The summed E-state index contributed by atoms with van der Waals surface area (Å²) >= 11 is 0. The molecule has 0 radical (unpaired) electrons. The van der Waals surface area contributed by atoms with Gasteiger partial charge in [-0.3, -0.25) is 4.90 Å². The van der Waals surface area contributed by atoms with Crippen LogP contribution in [-0.2, 0) is 6.54 Å². The first-order chi connectivity index (χ1) is 15.6. The van der Waals surface area contributed by atoms with Gasteiger partial charge in [-0.05, 0) is 47.5 Å². The summed E-state index contributed by atoms with van der Waals surface area (Å²) in [5.74, 6) is 0.349. The molecule has 1 fully saturated rings. The molecule has 0 aliphatic carbocycles. The number of carbonyl (C=O) groups excluding carboxylic acids is 1. The highest BCUT2D eigenvalue weighted by Gasteiger charge is 2.22. The van der Waals surface area contributed by atoms with Crippen molar-refractivity contribution in [2.24, 2.45) is 0 Å². The van der Waals surface area contributed by atoms with E-state index in [1.54, 1.807) is 17.0 Å². The zero-order chi connectivity index (χ0) is 21.9. The molecule has 2 heterocycles. The third-order valence-corrected chi connectivity index (χ3v) is 5.65. The Morgan fingerprint density at radius 3 is 2.44 bits per heavy atom. The summed E-state index contributed by atoms with van der Waals surface area (Å²) in [5, 5.41) is 2.81. The quantitative estimate of drug-likeness (QED) is 0.496. The van der Waals surface area contributed by atoms with E-state index in [1.165, 1.54) is 12.1 Å². The number of amides is 2. The Hall–Kier alpha value is -3.71. The number of anilines is 1. The summed E-state index contributed by atoms with van der Waals surface area (Å²) in [4.78, 5) is 21.1. The number of halogens is 1. The number of aromatic nitrogens is 1. The summed E-state index contributed by atoms with van der Waals surface area (Å²) in [5.41, 5.74) is 4.46. The number of carbonyl (C=O) groups is 1. The molecule has 0 spiro atoms. The number of nitrogens with one attached hydrogen (secondary N) is 1. The summed E-state index contributed by atoms with van der Waals surface area (Å²) in [6, 6.07) is 21.9. The molecule has 1 aromatic heterocycles. The van der Waals surface area contributed by atoms with Crippen LogP contribution in [0.25, 0.3) is 22.2 Å². The van der Waals surface area contributed by atoms with Crippen molar-refractivity contribution in [3.05, 3.63) is 84.5 Å². The molecule has 32 heavy (non-hydrogen) atoms. The number of hydrogen-bond donors (Lipinski definition) is 1. The van der Waals surface area contributed by atoms with Crippen molar-refractivity contribution >= 4 is 22.8 Å². The van der Waals surface area contributed by atoms with Crippen LogP contribution in [0.5, 0.6) is 0 Å². The van der Waals surface area contributed by atoms with Crippen molar-refractivity contribution in [2.75, 3.05) is 31.5 Å². The number of nitrogens with zero attached hydrogens (tertiary/aromatic N) is 3. The van der Waals surface area contributed by atoms with Gasteiger partial charge < -0.3 is 14.6 Å². The minimum absolute atomic E-state index is 0.174. The van der Waals surface area contributed by atoms with Crippen LogP contribution in [-0.4, -0.2) is 47.0 Å². The maximum atomic E-state index is 13.0. The number of piperazine rings is 1. The molecule has 4 aromatic rings. The predicted molar refractivity (Wildman–Crippen MR) is 122 cm³/mol. The fourth-order valence-corrected chi connectivity index (χ4v) is 3.89. The monoisotopic (exact) mass is 430 g/mol. The molecule has 1 N–H and O–H groups in total. The summed E-state index contributed by atoms with van der Waals surface area (Å²) in [6.45, 7) is 3.26. The van der Waals surface area contributed by atoms with Gasteiger partial charge in [0.1, 0.15) is 11.3 Å². The molecule has 1 aliphatic heterocycles. The SMILES string of the molecule is O=C(Nc1ccc(F)cc1)N1CCN(Cc2nc3cc(-c4ccccc4)ccc3o2)CC1. The molecule has 0 saturated carbocycles. The van der Waals surface area contributed by atoms with Crippen molar-refractivity contribution in [3.63, 3.8) is 0 Å². The molecule has 0 unspecified atom stereocenters. The van der Waals surface area contributed by atoms with Gasteiger partial charge in [-0.2, -0.15) is 0 Å². The Labute approximate surface area is 185 Å². The lowest BCUT2D eigenvalue weighted by molar-refractivity contribution is 0.136. The maximum absolute atomic E-state index is 13.0. The highest BCUT2D eigenvalue weighted by Crippen LogP contribution is 2.25. The van der Waals surface area contributed by atoms with Gasteiger partial charge in [0.2, 0.25) is 5.89 Å². The van der Waals surface area contributed by atoms with Crippen molar-refractivity contribution < 1.29 is 13.6 Å². The zero-order valence-electron chi connectivity index (χ0n) is 17.5. The number of oxazole rings is 1. The molecule has 5 rings (SSSR count). The first-order valence-corrected chi connectivity index (χ1v) is 10.6. The number of hydrogen-bond acceptors (Lipinski definition) is 4. The van der Waals surface area contributed by atoms with Crippen molar-refractivity contribution in [1.29, 1.82) is 0 Å². The Bertz CT molecular complexity index is 1220. The van der Waals surface area contributed by atoms with Gasteiger partial charge in [0.05, 0.1) is 6.54 Å². The third kappa shape index (κ3) is 4.48. The number of benzene rings is 3. The van der Waals surface area contributed by atoms with E-state index in [0.29, 0.717) is 31.2 Å². The standard InChI is InChI=1S/C25H23FN4O2/c26-20-7-9-21(10-8-20)27-25(31)30-14-12-29(13-15-30)17-24-28-22-16-19(6-11-23(22)32-24)18-4-2-1-3-5-18/h1-11,16H,12-15,17H2,(H,27,31). The molecule has 0 atom stereocenters. The minimum Gasteiger partial charge on any atom is -0.439 e. The first-order valence-electron chi connectivity index (χ1n) is 10.6. The maximum Gasteiger partial charge on any atom is 0.321 e. The minimum atomic E-state index is -0.327. The van der Waals surface area contributed by atoms with E-state index in [-0.39, 0.29) is 11.8 Å². The first kappa shape index (κ1) is 20.2. The summed E-state index contributed by atoms with van der Waals surface area (Å²) < 4.78 is 19.0. The molecule has 1 saturated heterocycles. The second kappa shape index (κ2) is 8.80. The van der Waals surface area contributed by atoms with E-state index in [9.17, 15) is 9.18 Å². The smallest absolute Gasteiger partial charge is 0.321 e. The summed E-state index contributed by atoms with van der Waals surface area (Å²) in [6.07, 6.45) is 0. The lowest BCUT2D eigenvalue weighted by Gasteiger charge is -2.34. The molecule has 6 nitrogen and oxygen atoms in total. The molecule has 162 valence electrons. The van der Waals surface area contributed by atoms with Crippen molar-refractivity contribution in [1.82, 2.24) is 14.8 Å². The molecule has 7 heteroatoms. The average Bonchev–Trinajstić information content (AvgIpc) is 3.23. The van der Waals surface area contributed by atoms with Gasteiger partial charge in [0.15, 0.2) is 5.58 Å². The van der Waals surface area contributed by atoms with E-state index in [4.69, 9.17) is 4.42 Å². The fraction of sp³-hybridized carbons (Fsp3) is 0.200. The highest BCUT2D eigenvalue weighted by molar-refractivity contribution is 5.89. The number of rotatable bonds is 4. The molecule has 2 amide bonds. The van der Waals surface area contributed by atoms with Crippen LogP contribution >= 0.6 is 0 Å². The third-order valence-electron chi connectivity index (χ3n) is 5.65. The number of fused-ring (bicyclic) bond motifs is 1. The number of urea groups is 1. The molecule has 3 aromatic carbocycles. The average molecular weight is 430 g/mol. The second-order valence-electron chi connectivity index (χ2n) is 7.86.